The number of imide groups is 1. The van der Waals surface area contributed by atoms with Crippen molar-refractivity contribution in [2.75, 3.05) is 11.9 Å². The Morgan fingerprint density at radius 1 is 1.00 bits per heavy atom. The second-order valence-electron chi connectivity index (χ2n) is 10.7. The monoisotopic (exact) mass is 574 g/mol. The normalized spacial score (nSPS) is 17.5. The highest BCUT2D eigenvalue weighted by molar-refractivity contribution is 8.01. The first-order chi connectivity index (χ1) is 19.0. The number of hydrogen-bond acceptors (Lipinski definition) is 6. The summed E-state index contributed by atoms with van der Waals surface area (Å²) >= 11 is 1.57. The summed E-state index contributed by atoms with van der Waals surface area (Å²) in [6, 6.07) is 5.79. The van der Waals surface area contributed by atoms with Crippen molar-refractivity contribution in [3.05, 3.63) is 29.8 Å². The van der Waals surface area contributed by atoms with Crippen molar-refractivity contribution in [2.45, 2.75) is 109 Å². The molecule has 0 spiro atoms. The smallest absolute Gasteiger partial charge is 0.246 e. The third kappa shape index (κ3) is 9.94. The van der Waals surface area contributed by atoms with Gasteiger partial charge >= 0.3 is 0 Å². The van der Waals surface area contributed by atoms with Gasteiger partial charge in [0.2, 0.25) is 29.5 Å². The van der Waals surface area contributed by atoms with Crippen LogP contribution in [0.3, 0.4) is 0 Å². The van der Waals surface area contributed by atoms with E-state index in [-0.39, 0.29) is 43.0 Å². The van der Waals surface area contributed by atoms with Gasteiger partial charge in [0, 0.05) is 30.3 Å². The van der Waals surface area contributed by atoms with Crippen LogP contribution in [-0.2, 0) is 30.4 Å². The van der Waals surface area contributed by atoms with E-state index in [1.165, 1.54) is 4.90 Å². The second-order valence-corrected chi connectivity index (χ2v) is 12.2. The molecule has 1 saturated heterocycles. The first-order valence-electron chi connectivity index (χ1n) is 14.5. The van der Waals surface area contributed by atoms with Crippen LogP contribution in [0.2, 0.25) is 0 Å². The van der Waals surface area contributed by atoms with Crippen LogP contribution in [0.1, 0.15) is 85.6 Å². The lowest BCUT2D eigenvalue weighted by molar-refractivity contribution is -0.139. The molecule has 3 unspecified atom stereocenters. The number of aryl methyl sites for hydroxylation is 1. The molecule has 1 heterocycles. The highest BCUT2D eigenvalue weighted by Crippen LogP contribution is 2.32. The van der Waals surface area contributed by atoms with Crippen LogP contribution in [0.15, 0.2) is 24.3 Å². The minimum Gasteiger partial charge on any atom is -0.344 e. The van der Waals surface area contributed by atoms with E-state index >= 15 is 0 Å². The van der Waals surface area contributed by atoms with Crippen molar-refractivity contribution >= 4 is 47.0 Å². The van der Waals surface area contributed by atoms with Crippen LogP contribution in [-0.4, -0.2) is 63.6 Å². The molecule has 0 aromatic heterocycles. The number of hydrogen-bond donors (Lipinski definition) is 3. The van der Waals surface area contributed by atoms with Crippen molar-refractivity contribution in [1.82, 2.24) is 15.5 Å². The fraction of sp³-hybridized carbons (Fsp3) is 0.633. The zero-order chi connectivity index (χ0) is 29.8. The Morgan fingerprint density at radius 2 is 1.68 bits per heavy atom. The summed E-state index contributed by atoms with van der Waals surface area (Å²) in [5.41, 5.74) is 1.79. The van der Waals surface area contributed by atoms with Crippen molar-refractivity contribution in [2.24, 2.45) is 5.92 Å². The molecule has 5 amide bonds. The molecule has 1 fully saturated rings. The van der Waals surface area contributed by atoms with Crippen LogP contribution in [0.25, 0.3) is 0 Å². The van der Waals surface area contributed by atoms with Gasteiger partial charge in [-0.3, -0.25) is 28.9 Å². The van der Waals surface area contributed by atoms with Crippen LogP contribution in [0.5, 0.6) is 0 Å². The van der Waals surface area contributed by atoms with E-state index in [1.807, 2.05) is 31.2 Å². The predicted molar refractivity (Wildman–Crippen MR) is 160 cm³/mol. The SMILES string of the molecule is CCCCC(CC)SC1CC(=O)N(CCC(=O)NC(C(=O)N[C@@H](C)C(=O)Nc2ccc(CC)cc2)C(C)C)C1=O. The number of carbonyl (C=O) groups excluding carboxylic acids is 5. The summed E-state index contributed by atoms with van der Waals surface area (Å²) in [4.78, 5) is 64.9. The first kappa shape index (κ1) is 33.3. The summed E-state index contributed by atoms with van der Waals surface area (Å²) in [6.07, 6.45) is 5.09. The molecule has 1 aromatic rings. The molecule has 0 bridgehead atoms. The molecule has 0 radical (unpaired) electrons. The first-order valence-corrected chi connectivity index (χ1v) is 15.4. The summed E-state index contributed by atoms with van der Waals surface area (Å²) < 4.78 is 0. The lowest BCUT2D eigenvalue weighted by atomic mass is 10.0. The lowest BCUT2D eigenvalue weighted by Crippen LogP contribution is -2.54. The molecule has 9 nitrogen and oxygen atoms in total. The molecule has 3 N–H and O–H groups in total. The van der Waals surface area contributed by atoms with E-state index in [0.29, 0.717) is 10.9 Å². The Morgan fingerprint density at radius 3 is 2.25 bits per heavy atom. The number of nitrogens with one attached hydrogen (secondary N) is 3. The molecule has 1 aliphatic heterocycles. The molecular weight excluding hydrogens is 528 g/mol. The van der Waals surface area contributed by atoms with Crippen LogP contribution in [0, 0.1) is 5.92 Å². The average molecular weight is 575 g/mol. The maximum absolute atomic E-state index is 13.0. The number of anilines is 1. The Kier molecular flexibility index (Phi) is 13.7. The van der Waals surface area contributed by atoms with Crippen LogP contribution >= 0.6 is 11.8 Å². The molecule has 222 valence electrons. The molecule has 1 aromatic carbocycles. The van der Waals surface area contributed by atoms with Crippen molar-refractivity contribution in [1.29, 1.82) is 0 Å². The lowest BCUT2D eigenvalue weighted by Gasteiger charge is -2.24. The number of unbranched alkanes of at least 4 members (excludes halogenated alkanes) is 1. The molecule has 0 saturated carbocycles. The van der Waals surface area contributed by atoms with Crippen molar-refractivity contribution < 1.29 is 24.0 Å². The largest absolute Gasteiger partial charge is 0.344 e. The highest BCUT2D eigenvalue weighted by atomic mass is 32.2. The van der Waals surface area contributed by atoms with Gasteiger partial charge in [0.25, 0.3) is 0 Å². The van der Waals surface area contributed by atoms with E-state index in [0.717, 1.165) is 37.7 Å². The van der Waals surface area contributed by atoms with Gasteiger partial charge in [-0.25, -0.2) is 0 Å². The van der Waals surface area contributed by atoms with Crippen LogP contribution < -0.4 is 16.0 Å². The number of rotatable bonds is 16. The van der Waals surface area contributed by atoms with Gasteiger partial charge < -0.3 is 16.0 Å². The molecule has 0 aliphatic carbocycles. The Hall–Kier alpha value is -2.88. The number of benzene rings is 1. The maximum atomic E-state index is 13.0. The quantitative estimate of drug-likeness (QED) is 0.256. The van der Waals surface area contributed by atoms with Gasteiger partial charge in [0.15, 0.2) is 0 Å². The fourth-order valence-electron chi connectivity index (χ4n) is 4.46. The standard InChI is InChI=1S/C30H46N4O5S/c1-7-10-11-23(9-3)40-24-18-26(36)34(30(24)39)17-16-25(35)33-27(19(4)5)29(38)31-20(6)28(37)32-22-14-12-21(8-2)13-15-22/h12-15,19-20,23-24,27H,7-11,16-18H2,1-6H3,(H,31,38)(H,32,37)(H,33,35)/t20-,23?,24?,27?/m0/s1. The summed E-state index contributed by atoms with van der Waals surface area (Å²) in [6.45, 7) is 11.4. The van der Waals surface area contributed by atoms with Gasteiger partial charge in [-0.2, -0.15) is 0 Å². The van der Waals surface area contributed by atoms with E-state index in [9.17, 15) is 24.0 Å². The minimum atomic E-state index is -0.872. The van der Waals surface area contributed by atoms with Gasteiger partial charge in [-0.15, -0.1) is 11.8 Å². The number of amides is 5. The second kappa shape index (κ2) is 16.4. The Labute approximate surface area is 243 Å². The van der Waals surface area contributed by atoms with E-state index in [4.69, 9.17) is 0 Å². The molecular formula is C30H46N4O5S. The summed E-state index contributed by atoms with van der Waals surface area (Å²) in [5.74, 6) is -2.03. The van der Waals surface area contributed by atoms with Gasteiger partial charge in [-0.05, 0) is 49.8 Å². The molecule has 2 rings (SSSR count). The zero-order valence-electron chi connectivity index (χ0n) is 24.7. The number of likely N-dealkylation sites (tertiary alicyclic amines) is 1. The molecule has 1 aliphatic rings. The Bertz CT molecular complexity index is 1030. The van der Waals surface area contributed by atoms with Gasteiger partial charge in [-0.1, -0.05) is 59.6 Å². The topological polar surface area (TPSA) is 125 Å². The summed E-state index contributed by atoms with van der Waals surface area (Å²) in [5, 5.41) is 8.11. The number of nitrogens with zero attached hydrogens (tertiary/aromatic N) is 1. The Balaban J connectivity index is 1.87. The van der Waals surface area contributed by atoms with Gasteiger partial charge in [0.05, 0.1) is 5.25 Å². The molecule has 40 heavy (non-hydrogen) atoms. The van der Waals surface area contributed by atoms with Crippen molar-refractivity contribution in [3.8, 4) is 0 Å². The minimum absolute atomic E-state index is 0.0195. The van der Waals surface area contributed by atoms with E-state index < -0.39 is 29.1 Å². The third-order valence-corrected chi connectivity index (χ3v) is 8.75. The maximum Gasteiger partial charge on any atom is 0.246 e. The predicted octanol–water partition coefficient (Wildman–Crippen LogP) is 4.05. The van der Waals surface area contributed by atoms with Crippen molar-refractivity contribution in [3.63, 3.8) is 0 Å². The average Bonchev–Trinajstić information content (AvgIpc) is 3.19. The van der Waals surface area contributed by atoms with E-state index in [2.05, 4.69) is 29.8 Å². The fourth-order valence-corrected chi connectivity index (χ4v) is 5.91. The number of thioether (sulfide) groups is 1. The highest BCUT2D eigenvalue weighted by Gasteiger charge is 2.40. The van der Waals surface area contributed by atoms with Crippen LogP contribution in [0.4, 0.5) is 5.69 Å². The molecule has 4 atom stereocenters. The third-order valence-electron chi connectivity index (χ3n) is 7.10. The number of carbonyl (C=O) groups is 5. The van der Waals surface area contributed by atoms with Gasteiger partial charge in [0.1, 0.15) is 12.1 Å². The zero-order valence-corrected chi connectivity index (χ0v) is 25.6. The summed E-state index contributed by atoms with van der Waals surface area (Å²) in [7, 11) is 0. The van der Waals surface area contributed by atoms with E-state index in [1.54, 1.807) is 32.5 Å². The molecule has 10 heteroatoms.